The Hall–Kier alpha value is -4.41. The quantitative estimate of drug-likeness (QED) is 0.508. The van der Waals surface area contributed by atoms with E-state index >= 15 is 0 Å². The van der Waals surface area contributed by atoms with Gasteiger partial charge in [0.2, 0.25) is 23.5 Å². The van der Waals surface area contributed by atoms with Crippen LogP contribution in [-0.2, 0) is 0 Å². The van der Waals surface area contributed by atoms with Crippen molar-refractivity contribution < 1.29 is 9.32 Å². The molecule has 0 saturated carbocycles. The fourth-order valence-corrected chi connectivity index (χ4v) is 2.53. The predicted octanol–water partition coefficient (Wildman–Crippen LogP) is 2.23. The molecule has 4 rings (SSSR count). The summed E-state index contributed by atoms with van der Waals surface area (Å²) >= 11 is 0. The minimum atomic E-state index is -0.581. The molecule has 11 nitrogen and oxygen atoms in total. The van der Waals surface area contributed by atoms with Crippen molar-refractivity contribution in [2.45, 2.75) is 6.92 Å². The van der Waals surface area contributed by atoms with Gasteiger partial charge in [-0.2, -0.15) is 19.9 Å². The number of pyridine rings is 1. The van der Waals surface area contributed by atoms with Gasteiger partial charge in [-0.25, -0.2) is 0 Å². The number of carbonyl (C=O) groups excluding carboxylic acids is 1. The fraction of sp³-hybridized carbons (Fsp3) is 0.105. The molecule has 0 radical (unpaired) electrons. The van der Waals surface area contributed by atoms with Gasteiger partial charge in [0.15, 0.2) is 0 Å². The lowest BCUT2D eigenvalue weighted by atomic mass is 10.3. The smallest absolute Gasteiger partial charge is 0.316 e. The van der Waals surface area contributed by atoms with Gasteiger partial charge in [0.1, 0.15) is 0 Å². The van der Waals surface area contributed by atoms with Gasteiger partial charge >= 0.3 is 11.8 Å². The number of nitrogen functional groups attached to an aromatic ring is 1. The molecule has 3 aromatic heterocycles. The lowest BCUT2D eigenvalue weighted by Gasteiger charge is -2.17. The SMILES string of the molecule is Cc1ccc(NC(=O)c2nc(-c3nc(N)nc(N(C)c4ccccc4)n3)no2)cn1. The van der Waals surface area contributed by atoms with E-state index in [4.69, 9.17) is 10.3 Å². The maximum atomic E-state index is 12.3. The fourth-order valence-electron chi connectivity index (χ4n) is 2.53. The average molecular weight is 403 g/mol. The molecule has 0 spiro atoms. The van der Waals surface area contributed by atoms with Crippen molar-refractivity contribution in [2.75, 3.05) is 23.0 Å². The Labute approximate surface area is 171 Å². The van der Waals surface area contributed by atoms with Crippen LogP contribution in [-0.4, -0.2) is 43.0 Å². The lowest BCUT2D eigenvalue weighted by Crippen LogP contribution is -2.15. The number of aromatic nitrogens is 6. The minimum absolute atomic E-state index is 0.0130. The molecule has 0 aliphatic rings. The summed E-state index contributed by atoms with van der Waals surface area (Å²) < 4.78 is 5.05. The molecule has 3 N–H and O–H groups in total. The number of nitrogens with one attached hydrogen (secondary N) is 1. The van der Waals surface area contributed by atoms with E-state index in [2.05, 4.69) is 35.4 Å². The Morgan fingerprint density at radius 2 is 1.83 bits per heavy atom. The van der Waals surface area contributed by atoms with Crippen molar-refractivity contribution in [2.24, 2.45) is 0 Å². The van der Waals surface area contributed by atoms with Gasteiger partial charge in [-0.05, 0) is 31.2 Å². The van der Waals surface area contributed by atoms with Crippen LogP contribution < -0.4 is 16.0 Å². The van der Waals surface area contributed by atoms with E-state index in [0.717, 1.165) is 11.4 Å². The second-order valence-corrected chi connectivity index (χ2v) is 6.28. The first-order chi connectivity index (χ1) is 14.5. The molecule has 0 atom stereocenters. The third-order valence-electron chi connectivity index (χ3n) is 4.07. The van der Waals surface area contributed by atoms with E-state index in [1.54, 1.807) is 24.1 Å². The van der Waals surface area contributed by atoms with Crippen molar-refractivity contribution in [3.63, 3.8) is 0 Å². The number of nitrogens with zero attached hydrogens (tertiary/aromatic N) is 7. The summed E-state index contributed by atoms with van der Waals surface area (Å²) in [6, 6.07) is 13.0. The maximum Gasteiger partial charge on any atom is 0.316 e. The molecular weight excluding hydrogens is 386 g/mol. The zero-order valence-corrected chi connectivity index (χ0v) is 16.1. The standard InChI is InChI=1S/C19H17N9O2/c1-11-8-9-12(10-21-11)22-16(29)17-23-15(27-30-17)14-24-18(20)26-19(25-14)28(2)13-6-4-3-5-7-13/h3-10H,1-2H3,(H,22,29)(H2,20,24,25,26). The number of benzene rings is 1. The van der Waals surface area contributed by atoms with Gasteiger partial charge in [-0.1, -0.05) is 23.4 Å². The Kier molecular flexibility index (Phi) is 4.99. The van der Waals surface area contributed by atoms with E-state index < -0.39 is 5.91 Å². The Balaban J connectivity index is 1.57. The second-order valence-electron chi connectivity index (χ2n) is 6.28. The van der Waals surface area contributed by atoms with Crippen LogP contribution in [0.3, 0.4) is 0 Å². The third-order valence-corrected chi connectivity index (χ3v) is 4.07. The number of aryl methyl sites for hydroxylation is 1. The number of hydrogen-bond acceptors (Lipinski definition) is 10. The average Bonchev–Trinajstić information content (AvgIpc) is 3.26. The number of amides is 1. The van der Waals surface area contributed by atoms with E-state index in [0.29, 0.717) is 11.6 Å². The van der Waals surface area contributed by atoms with Crippen molar-refractivity contribution in [3.05, 3.63) is 60.2 Å². The number of anilines is 4. The van der Waals surface area contributed by atoms with Gasteiger partial charge in [0.25, 0.3) is 0 Å². The Morgan fingerprint density at radius 1 is 1.03 bits per heavy atom. The van der Waals surface area contributed by atoms with Crippen LogP contribution in [0.2, 0.25) is 0 Å². The number of para-hydroxylation sites is 1. The highest BCUT2D eigenvalue weighted by Gasteiger charge is 2.20. The van der Waals surface area contributed by atoms with Gasteiger partial charge < -0.3 is 20.5 Å². The first kappa shape index (κ1) is 18.9. The summed E-state index contributed by atoms with van der Waals surface area (Å²) in [5.74, 6) is -0.450. The van der Waals surface area contributed by atoms with Crippen molar-refractivity contribution in [1.82, 2.24) is 30.1 Å². The molecule has 0 unspecified atom stereocenters. The molecule has 11 heteroatoms. The zero-order valence-electron chi connectivity index (χ0n) is 16.1. The number of carbonyl (C=O) groups is 1. The molecule has 0 aliphatic heterocycles. The van der Waals surface area contributed by atoms with Crippen molar-refractivity contribution in [3.8, 4) is 11.6 Å². The van der Waals surface area contributed by atoms with Crippen molar-refractivity contribution >= 4 is 29.2 Å². The monoisotopic (exact) mass is 403 g/mol. The highest BCUT2D eigenvalue weighted by Crippen LogP contribution is 2.22. The molecule has 0 saturated heterocycles. The Morgan fingerprint density at radius 3 is 2.57 bits per heavy atom. The molecule has 1 amide bonds. The summed E-state index contributed by atoms with van der Waals surface area (Å²) in [7, 11) is 1.79. The second kappa shape index (κ2) is 7.91. The predicted molar refractivity (Wildman–Crippen MR) is 109 cm³/mol. The maximum absolute atomic E-state index is 12.3. The summed E-state index contributed by atoms with van der Waals surface area (Å²) in [5, 5.41) is 6.42. The van der Waals surface area contributed by atoms with Gasteiger partial charge in [-0.3, -0.25) is 9.78 Å². The highest BCUT2D eigenvalue weighted by atomic mass is 16.5. The summed E-state index contributed by atoms with van der Waals surface area (Å²) in [5.41, 5.74) is 8.02. The number of rotatable bonds is 5. The first-order valence-corrected chi connectivity index (χ1v) is 8.88. The van der Waals surface area contributed by atoms with E-state index in [-0.39, 0.29) is 23.5 Å². The van der Waals surface area contributed by atoms with Gasteiger partial charge in [-0.15, -0.1) is 0 Å². The molecule has 150 valence electrons. The van der Waals surface area contributed by atoms with Crippen LogP contribution in [0.1, 0.15) is 16.4 Å². The summed E-state index contributed by atoms with van der Waals surface area (Å²) in [6.45, 7) is 1.85. The zero-order chi connectivity index (χ0) is 21.1. The van der Waals surface area contributed by atoms with Crippen LogP contribution in [0.25, 0.3) is 11.6 Å². The molecule has 0 bridgehead atoms. The molecule has 30 heavy (non-hydrogen) atoms. The summed E-state index contributed by atoms with van der Waals surface area (Å²) in [4.78, 5) is 34.8. The van der Waals surface area contributed by atoms with Crippen LogP contribution in [0.4, 0.5) is 23.3 Å². The van der Waals surface area contributed by atoms with Gasteiger partial charge in [0, 0.05) is 18.4 Å². The van der Waals surface area contributed by atoms with Crippen LogP contribution >= 0.6 is 0 Å². The summed E-state index contributed by atoms with van der Waals surface area (Å²) in [6.07, 6.45) is 1.53. The van der Waals surface area contributed by atoms with E-state index in [9.17, 15) is 4.79 Å². The van der Waals surface area contributed by atoms with Gasteiger partial charge in [0.05, 0.1) is 11.9 Å². The first-order valence-electron chi connectivity index (χ1n) is 8.88. The largest absolute Gasteiger partial charge is 0.368 e. The molecule has 0 aliphatic carbocycles. The molecule has 1 aromatic carbocycles. The number of hydrogen-bond donors (Lipinski definition) is 2. The highest BCUT2D eigenvalue weighted by molar-refractivity contribution is 6.00. The molecular formula is C19H17N9O2. The third kappa shape index (κ3) is 4.04. The van der Waals surface area contributed by atoms with E-state index in [1.807, 2.05) is 37.3 Å². The van der Waals surface area contributed by atoms with E-state index in [1.165, 1.54) is 6.20 Å². The lowest BCUT2D eigenvalue weighted by molar-refractivity contribution is 0.0981. The number of nitrogens with two attached hydrogens (primary N) is 1. The minimum Gasteiger partial charge on any atom is -0.368 e. The molecule has 3 heterocycles. The molecule has 4 aromatic rings. The van der Waals surface area contributed by atoms with Crippen LogP contribution in [0.15, 0.2) is 53.2 Å². The molecule has 0 fully saturated rings. The van der Waals surface area contributed by atoms with Crippen molar-refractivity contribution in [1.29, 1.82) is 0 Å². The van der Waals surface area contributed by atoms with Crippen LogP contribution in [0, 0.1) is 6.92 Å². The van der Waals surface area contributed by atoms with Crippen LogP contribution in [0.5, 0.6) is 0 Å². The normalized spacial score (nSPS) is 10.6. The topological polar surface area (TPSA) is 149 Å². The Bertz CT molecular complexity index is 1180.